The molecule has 1 aliphatic carbocycles. The van der Waals surface area contributed by atoms with Gasteiger partial charge in [0.1, 0.15) is 0 Å². The van der Waals surface area contributed by atoms with Crippen LogP contribution in [0.3, 0.4) is 0 Å². The maximum absolute atomic E-state index is 13.4. The number of aromatic nitrogens is 3. The lowest BCUT2D eigenvalue weighted by Gasteiger charge is -2.45. The predicted molar refractivity (Wildman–Crippen MR) is 125 cm³/mol. The van der Waals surface area contributed by atoms with Crippen LogP contribution in [0.4, 0.5) is 0 Å². The van der Waals surface area contributed by atoms with E-state index in [-0.39, 0.29) is 11.4 Å². The molecule has 2 aromatic heterocycles. The van der Waals surface area contributed by atoms with E-state index in [2.05, 4.69) is 34.2 Å². The van der Waals surface area contributed by atoms with Crippen molar-refractivity contribution in [2.45, 2.75) is 51.0 Å². The van der Waals surface area contributed by atoms with Gasteiger partial charge in [0.25, 0.3) is 5.91 Å². The highest BCUT2D eigenvalue weighted by molar-refractivity contribution is 6.37. The van der Waals surface area contributed by atoms with Crippen LogP contribution in [-0.4, -0.2) is 51.0 Å². The summed E-state index contributed by atoms with van der Waals surface area (Å²) in [5.41, 5.74) is 1.39. The third-order valence-corrected chi connectivity index (χ3v) is 6.84. The molecule has 0 spiro atoms. The zero-order chi connectivity index (χ0) is 21.8. The summed E-state index contributed by atoms with van der Waals surface area (Å²) in [5, 5.41) is 4.52. The summed E-state index contributed by atoms with van der Waals surface area (Å²) >= 11 is 6.53. The molecule has 0 bridgehead atoms. The van der Waals surface area contributed by atoms with Gasteiger partial charge >= 0.3 is 0 Å². The second-order valence-corrected chi connectivity index (χ2v) is 8.89. The first-order valence-corrected chi connectivity index (χ1v) is 11.5. The first-order chi connectivity index (χ1) is 15.1. The minimum absolute atomic E-state index is 0.0224. The molecule has 0 saturated heterocycles. The maximum atomic E-state index is 13.4. The van der Waals surface area contributed by atoms with Crippen LogP contribution in [0, 0.1) is 0 Å². The molecular weight excluding hydrogens is 410 g/mol. The molecule has 4 rings (SSSR count). The molecule has 1 N–H and O–H groups in total. The minimum atomic E-state index is -0.109. The SMILES string of the molecule is CCCN(C)C1(CNC(=O)c2cn(-c3ncccn3)c3cccc(Cl)c23)CCCCC1. The Hall–Kier alpha value is -2.44. The lowest BCUT2D eigenvalue weighted by Crippen LogP contribution is -2.55. The van der Waals surface area contributed by atoms with Crippen molar-refractivity contribution in [3.05, 3.63) is 53.4 Å². The van der Waals surface area contributed by atoms with Crippen molar-refractivity contribution in [3.63, 3.8) is 0 Å². The minimum Gasteiger partial charge on any atom is -0.350 e. The summed E-state index contributed by atoms with van der Waals surface area (Å²) in [7, 11) is 2.19. The molecule has 6 nitrogen and oxygen atoms in total. The summed E-state index contributed by atoms with van der Waals surface area (Å²) < 4.78 is 1.83. The number of carbonyl (C=O) groups is 1. The third kappa shape index (κ3) is 4.32. The van der Waals surface area contributed by atoms with Gasteiger partial charge in [0.2, 0.25) is 5.95 Å². The van der Waals surface area contributed by atoms with Crippen LogP contribution in [0.2, 0.25) is 5.02 Å². The number of fused-ring (bicyclic) bond motifs is 1. The van der Waals surface area contributed by atoms with Crippen molar-refractivity contribution >= 4 is 28.4 Å². The highest BCUT2D eigenvalue weighted by Gasteiger charge is 2.36. The van der Waals surface area contributed by atoms with Crippen LogP contribution in [0.25, 0.3) is 16.9 Å². The number of nitrogens with zero attached hydrogens (tertiary/aromatic N) is 4. The molecule has 0 radical (unpaired) electrons. The van der Waals surface area contributed by atoms with Crippen molar-refractivity contribution in [1.82, 2.24) is 24.8 Å². The Morgan fingerprint density at radius 1 is 1.19 bits per heavy atom. The maximum Gasteiger partial charge on any atom is 0.253 e. The molecule has 1 saturated carbocycles. The fraction of sp³-hybridized carbons (Fsp3) is 0.458. The highest BCUT2D eigenvalue weighted by Crippen LogP contribution is 2.34. The number of likely N-dealkylation sites (N-methyl/N-ethyl adjacent to an activating group) is 1. The van der Waals surface area contributed by atoms with Crippen LogP contribution in [0.5, 0.6) is 0 Å². The molecule has 0 unspecified atom stereocenters. The van der Waals surface area contributed by atoms with Gasteiger partial charge in [-0.3, -0.25) is 14.3 Å². The fourth-order valence-electron chi connectivity index (χ4n) is 4.81. The first-order valence-electron chi connectivity index (χ1n) is 11.1. The Morgan fingerprint density at radius 2 is 1.94 bits per heavy atom. The van der Waals surface area contributed by atoms with E-state index < -0.39 is 0 Å². The van der Waals surface area contributed by atoms with E-state index in [0.29, 0.717) is 23.1 Å². The van der Waals surface area contributed by atoms with Gasteiger partial charge in [-0.25, -0.2) is 9.97 Å². The summed E-state index contributed by atoms with van der Waals surface area (Å²) in [5.74, 6) is 0.405. The second kappa shape index (κ2) is 9.37. The van der Waals surface area contributed by atoms with Crippen LogP contribution in [0.15, 0.2) is 42.9 Å². The van der Waals surface area contributed by atoms with E-state index in [1.807, 2.05) is 22.8 Å². The summed E-state index contributed by atoms with van der Waals surface area (Å²) in [6, 6.07) is 7.40. The Kier molecular flexibility index (Phi) is 6.58. The molecule has 7 heteroatoms. The monoisotopic (exact) mass is 439 g/mol. The molecule has 31 heavy (non-hydrogen) atoms. The molecule has 1 aromatic carbocycles. The van der Waals surface area contributed by atoms with Gasteiger partial charge in [-0.2, -0.15) is 0 Å². The smallest absolute Gasteiger partial charge is 0.253 e. The van der Waals surface area contributed by atoms with Gasteiger partial charge in [-0.1, -0.05) is 43.9 Å². The number of rotatable bonds is 7. The van der Waals surface area contributed by atoms with Crippen molar-refractivity contribution in [2.24, 2.45) is 0 Å². The number of benzene rings is 1. The number of hydrogen-bond donors (Lipinski definition) is 1. The zero-order valence-corrected chi connectivity index (χ0v) is 19.0. The molecule has 2 heterocycles. The lowest BCUT2D eigenvalue weighted by atomic mass is 9.80. The largest absolute Gasteiger partial charge is 0.350 e. The van der Waals surface area contributed by atoms with E-state index in [1.165, 1.54) is 19.3 Å². The standard InChI is InChI=1S/C24H30ClN5O/c1-3-15-29(2)24(11-5-4-6-12-24)17-28-22(31)18-16-30(23-26-13-8-14-27-23)20-10-7-9-19(25)21(18)20/h7-10,13-14,16H,3-6,11-12,15,17H2,1-2H3,(H,28,31). The second-order valence-electron chi connectivity index (χ2n) is 8.48. The Labute approximate surface area is 188 Å². The molecule has 1 amide bonds. The molecule has 0 atom stereocenters. The van der Waals surface area contributed by atoms with Crippen molar-refractivity contribution < 1.29 is 4.79 Å². The average molecular weight is 440 g/mol. The predicted octanol–water partition coefficient (Wildman–Crippen LogP) is 4.85. The summed E-state index contributed by atoms with van der Waals surface area (Å²) in [4.78, 5) is 24.5. The average Bonchev–Trinajstić information content (AvgIpc) is 3.20. The highest BCUT2D eigenvalue weighted by atomic mass is 35.5. The number of hydrogen-bond acceptors (Lipinski definition) is 4. The molecule has 0 aliphatic heterocycles. The van der Waals surface area contributed by atoms with E-state index >= 15 is 0 Å². The molecule has 1 aliphatic rings. The van der Waals surface area contributed by atoms with E-state index in [9.17, 15) is 4.79 Å². The van der Waals surface area contributed by atoms with Crippen LogP contribution >= 0.6 is 11.6 Å². The number of amides is 1. The molecule has 1 fully saturated rings. The Balaban J connectivity index is 1.65. The van der Waals surface area contributed by atoms with Crippen molar-refractivity contribution in [2.75, 3.05) is 20.1 Å². The van der Waals surface area contributed by atoms with Crippen LogP contribution < -0.4 is 5.32 Å². The third-order valence-electron chi connectivity index (χ3n) is 6.52. The zero-order valence-electron chi connectivity index (χ0n) is 18.3. The fourth-order valence-corrected chi connectivity index (χ4v) is 5.08. The van der Waals surface area contributed by atoms with Gasteiger partial charge in [-0.15, -0.1) is 0 Å². The topological polar surface area (TPSA) is 63.1 Å². The van der Waals surface area contributed by atoms with Gasteiger partial charge < -0.3 is 5.32 Å². The normalized spacial score (nSPS) is 16.0. The Bertz CT molecular complexity index is 1040. The first kappa shape index (κ1) is 21.8. The number of carbonyl (C=O) groups excluding carboxylic acids is 1. The summed E-state index contributed by atoms with van der Waals surface area (Å²) in [6.07, 6.45) is 12.2. The lowest BCUT2D eigenvalue weighted by molar-refractivity contribution is 0.0667. The number of halogens is 1. The van der Waals surface area contributed by atoms with Crippen LogP contribution in [-0.2, 0) is 0 Å². The van der Waals surface area contributed by atoms with Gasteiger partial charge in [-0.05, 0) is 51.1 Å². The van der Waals surface area contributed by atoms with Crippen molar-refractivity contribution in [3.8, 4) is 5.95 Å². The van der Waals surface area contributed by atoms with Gasteiger partial charge in [0.15, 0.2) is 0 Å². The van der Waals surface area contributed by atoms with Gasteiger partial charge in [0, 0.05) is 36.1 Å². The van der Waals surface area contributed by atoms with E-state index in [0.717, 1.165) is 36.7 Å². The van der Waals surface area contributed by atoms with E-state index in [1.54, 1.807) is 24.7 Å². The summed E-state index contributed by atoms with van der Waals surface area (Å²) in [6.45, 7) is 3.88. The number of nitrogens with one attached hydrogen (secondary N) is 1. The molecular formula is C24H30ClN5O. The van der Waals surface area contributed by atoms with Crippen molar-refractivity contribution in [1.29, 1.82) is 0 Å². The molecule has 164 valence electrons. The van der Waals surface area contributed by atoms with Gasteiger partial charge in [0.05, 0.1) is 16.1 Å². The Morgan fingerprint density at radius 3 is 2.65 bits per heavy atom. The molecule has 3 aromatic rings. The van der Waals surface area contributed by atoms with Crippen LogP contribution in [0.1, 0.15) is 55.8 Å². The van der Waals surface area contributed by atoms with E-state index in [4.69, 9.17) is 11.6 Å². The quantitative estimate of drug-likeness (QED) is 0.571.